The number of esters is 2. The molecule has 0 bridgehead atoms. The fourth-order valence-corrected chi connectivity index (χ4v) is 11.5. The first-order valence-corrected chi connectivity index (χ1v) is 39.1. The second-order valence-corrected chi connectivity index (χ2v) is 27.6. The SMILES string of the molecule is CC/C=C\C/C=C\C/C=C\C/C=C\C/C=C\CCCCCCCCCCCCCCCCCCCCCCCCCC(=O)OC(COC(=O)CCCCCCCCCCCCCCCCC/C=C\CCCCCCCCCC)COC(OCC[N+](C)(C)C)C(=O)O. The van der Waals surface area contributed by atoms with Gasteiger partial charge in [-0.15, -0.1) is 0 Å². The Morgan fingerprint density at radius 3 is 0.945 bits per heavy atom. The van der Waals surface area contributed by atoms with Crippen LogP contribution in [0.3, 0.4) is 0 Å². The zero-order chi connectivity index (χ0) is 66.1. The molecular weight excluding hydrogens is 1130 g/mol. The molecule has 0 amide bonds. The quantitative estimate of drug-likeness (QED) is 0.0211. The summed E-state index contributed by atoms with van der Waals surface area (Å²) >= 11 is 0. The van der Waals surface area contributed by atoms with Crippen molar-refractivity contribution < 1.29 is 42.9 Å². The largest absolute Gasteiger partial charge is 0.477 e. The molecule has 1 N–H and O–H groups in total. The number of carboxylic acids is 1. The number of carbonyl (C=O) groups excluding carboxylic acids is 2. The van der Waals surface area contributed by atoms with Crippen molar-refractivity contribution in [1.29, 1.82) is 0 Å². The predicted octanol–water partition coefficient (Wildman–Crippen LogP) is 24.8. The number of carboxylic acid groups (broad SMARTS) is 1. The topological polar surface area (TPSA) is 108 Å². The van der Waals surface area contributed by atoms with Crippen molar-refractivity contribution in [3.05, 3.63) is 72.9 Å². The molecule has 0 rings (SSSR count). The molecule has 0 aromatic heterocycles. The van der Waals surface area contributed by atoms with Gasteiger partial charge in [0.25, 0.3) is 6.29 Å². The van der Waals surface area contributed by atoms with E-state index in [0.717, 1.165) is 70.6 Å². The van der Waals surface area contributed by atoms with E-state index in [9.17, 15) is 19.5 Å². The van der Waals surface area contributed by atoms with Crippen LogP contribution in [0, 0.1) is 0 Å². The number of rotatable bonds is 73. The summed E-state index contributed by atoms with van der Waals surface area (Å²) in [6.45, 7) is 4.82. The Morgan fingerprint density at radius 2 is 0.626 bits per heavy atom. The summed E-state index contributed by atoms with van der Waals surface area (Å²) < 4.78 is 23.0. The first kappa shape index (κ1) is 87.7. The van der Waals surface area contributed by atoms with Crippen LogP contribution in [0.15, 0.2) is 72.9 Å². The van der Waals surface area contributed by atoms with Crippen molar-refractivity contribution in [1.82, 2.24) is 0 Å². The van der Waals surface area contributed by atoms with Crippen LogP contribution in [0.1, 0.15) is 373 Å². The molecule has 0 aromatic carbocycles. The smallest absolute Gasteiger partial charge is 0.361 e. The number of carbonyl (C=O) groups is 3. The lowest BCUT2D eigenvalue weighted by molar-refractivity contribution is -0.870. The van der Waals surface area contributed by atoms with Crippen molar-refractivity contribution in [3.8, 4) is 0 Å². The summed E-state index contributed by atoms with van der Waals surface area (Å²) in [5.74, 6) is -1.98. The van der Waals surface area contributed by atoms with Crippen molar-refractivity contribution in [2.24, 2.45) is 0 Å². The lowest BCUT2D eigenvalue weighted by Gasteiger charge is -2.25. The Morgan fingerprint density at radius 1 is 0.341 bits per heavy atom. The first-order chi connectivity index (χ1) is 44.6. The summed E-state index contributed by atoms with van der Waals surface area (Å²) in [5.41, 5.74) is 0. The van der Waals surface area contributed by atoms with Crippen LogP contribution in [0.4, 0.5) is 0 Å². The lowest BCUT2D eigenvalue weighted by Crippen LogP contribution is -2.40. The molecule has 0 saturated carbocycles. The molecule has 0 heterocycles. The van der Waals surface area contributed by atoms with Gasteiger partial charge in [0.2, 0.25) is 0 Å². The van der Waals surface area contributed by atoms with E-state index in [4.69, 9.17) is 18.9 Å². The third kappa shape index (κ3) is 74.0. The van der Waals surface area contributed by atoms with Crippen LogP contribution < -0.4 is 0 Å². The van der Waals surface area contributed by atoms with E-state index in [1.54, 1.807) is 0 Å². The second-order valence-electron chi connectivity index (χ2n) is 27.6. The van der Waals surface area contributed by atoms with Crippen molar-refractivity contribution in [2.75, 3.05) is 47.5 Å². The number of ether oxygens (including phenoxy) is 4. The highest BCUT2D eigenvalue weighted by molar-refractivity contribution is 5.71. The molecule has 0 aliphatic carbocycles. The van der Waals surface area contributed by atoms with E-state index in [1.165, 1.54) is 276 Å². The number of likely N-dealkylation sites (N-methyl/N-ethyl adjacent to an activating group) is 1. The highest BCUT2D eigenvalue weighted by atomic mass is 16.7. The van der Waals surface area contributed by atoms with Gasteiger partial charge in [-0.05, 0) is 83.5 Å². The highest BCUT2D eigenvalue weighted by Gasteiger charge is 2.25. The monoisotopic (exact) mass is 1280 g/mol. The van der Waals surface area contributed by atoms with Gasteiger partial charge in [0.1, 0.15) is 13.2 Å². The Balaban J connectivity index is 3.98. The summed E-state index contributed by atoms with van der Waals surface area (Å²) in [6, 6.07) is 0. The third-order valence-corrected chi connectivity index (χ3v) is 17.4. The minimum Gasteiger partial charge on any atom is -0.477 e. The fraction of sp³-hybridized carbons (Fsp3) is 0.817. The number of quaternary nitrogens is 1. The molecule has 91 heavy (non-hydrogen) atoms. The molecule has 530 valence electrons. The van der Waals surface area contributed by atoms with Crippen LogP contribution in [-0.2, 0) is 33.3 Å². The zero-order valence-electron chi connectivity index (χ0n) is 60.8. The van der Waals surface area contributed by atoms with Gasteiger partial charge in [-0.25, -0.2) is 4.79 Å². The maximum atomic E-state index is 13.0. The van der Waals surface area contributed by atoms with Crippen LogP contribution in [0.5, 0.6) is 0 Å². The number of aliphatic carboxylic acids is 1. The van der Waals surface area contributed by atoms with Gasteiger partial charge in [0.15, 0.2) is 6.10 Å². The first-order valence-electron chi connectivity index (χ1n) is 39.1. The molecule has 0 aliphatic heterocycles. The van der Waals surface area contributed by atoms with Crippen molar-refractivity contribution >= 4 is 17.9 Å². The van der Waals surface area contributed by atoms with E-state index in [0.29, 0.717) is 17.4 Å². The summed E-state index contributed by atoms with van der Waals surface area (Å²) in [7, 11) is 5.99. The maximum Gasteiger partial charge on any atom is 0.361 e. The Bertz CT molecular complexity index is 1730. The van der Waals surface area contributed by atoms with Crippen LogP contribution in [0.25, 0.3) is 0 Å². The molecule has 2 atom stereocenters. The Hall–Kier alpha value is -3.27. The normalized spacial score (nSPS) is 13.0. The molecule has 0 aromatic rings. The van der Waals surface area contributed by atoms with E-state index >= 15 is 0 Å². The summed E-state index contributed by atoms with van der Waals surface area (Å²) in [4.78, 5) is 37.7. The third-order valence-electron chi connectivity index (χ3n) is 17.4. The molecule has 0 radical (unpaired) electrons. The lowest BCUT2D eigenvalue weighted by atomic mass is 10.0. The summed E-state index contributed by atoms with van der Waals surface area (Å²) in [5, 5.41) is 9.77. The number of nitrogens with zero attached hydrogens (tertiary/aromatic N) is 1. The van der Waals surface area contributed by atoms with Gasteiger partial charge in [-0.2, -0.15) is 0 Å². The van der Waals surface area contributed by atoms with Gasteiger partial charge in [0, 0.05) is 12.8 Å². The number of hydrogen-bond acceptors (Lipinski definition) is 7. The van der Waals surface area contributed by atoms with Crippen LogP contribution in [0.2, 0.25) is 0 Å². The van der Waals surface area contributed by atoms with Gasteiger partial charge >= 0.3 is 17.9 Å². The van der Waals surface area contributed by atoms with Crippen LogP contribution >= 0.6 is 0 Å². The molecule has 2 unspecified atom stereocenters. The predicted molar refractivity (Wildman–Crippen MR) is 392 cm³/mol. The number of unbranched alkanes of at least 4 members (excludes halogenated alkanes) is 46. The molecule has 0 saturated heterocycles. The van der Waals surface area contributed by atoms with Gasteiger partial charge in [0.05, 0.1) is 34.4 Å². The zero-order valence-corrected chi connectivity index (χ0v) is 60.8. The van der Waals surface area contributed by atoms with E-state index in [1.807, 2.05) is 21.1 Å². The average molecular weight is 1280 g/mol. The van der Waals surface area contributed by atoms with Gasteiger partial charge < -0.3 is 28.5 Å². The molecule has 0 fully saturated rings. The second kappa shape index (κ2) is 72.6. The van der Waals surface area contributed by atoms with Crippen LogP contribution in [-0.4, -0.2) is 87.4 Å². The highest BCUT2D eigenvalue weighted by Crippen LogP contribution is 2.19. The maximum absolute atomic E-state index is 13.0. The number of allylic oxidation sites excluding steroid dienone is 12. The van der Waals surface area contributed by atoms with Gasteiger partial charge in [-0.3, -0.25) is 9.59 Å². The molecule has 9 nitrogen and oxygen atoms in total. The average Bonchev–Trinajstić information content (AvgIpc) is 3.46. The standard InChI is InChI=1S/C82H149NO8/c1-6-8-10-12-14-16-18-20-22-24-26-28-30-32-34-35-36-37-38-39-40-41-42-43-44-45-47-49-51-53-55-57-59-61-63-65-67-69-71-73-80(85)91-78(77-90-82(81(86)87)88-75-74-83(3,4)5)76-89-79(84)72-70-68-66-64-62-60-58-56-54-52-50-48-46-33-31-29-27-25-23-21-19-17-15-13-11-9-7-2/h8,10,14,16,20,22,25-28,32,34,78,82H,6-7,9,11-13,15,17-19,21,23-24,29-31,33,35-77H2,1-5H3/p+1/b10-8-,16-14-,22-20-,27-25-,28-26-,34-32-. The van der Waals surface area contributed by atoms with E-state index in [2.05, 4.69) is 86.8 Å². The minimum atomic E-state index is -1.51. The minimum absolute atomic E-state index is 0.178. The van der Waals surface area contributed by atoms with E-state index < -0.39 is 18.4 Å². The van der Waals surface area contributed by atoms with Crippen molar-refractivity contribution in [3.63, 3.8) is 0 Å². The van der Waals surface area contributed by atoms with Gasteiger partial charge in [-0.1, -0.05) is 350 Å². The number of hydrogen-bond donors (Lipinski definition) is 1. The van der Waals surface area contributed by atoms with Crippen molar-refractivity contribution in [2.45, 2.75) is 386 Å². The molecular formula is C82H150NO8+. The summed E-state index contributed by atoms with van der Waals surface area (Å²) in [6.07, 6.45) is 94.8. The van der Waals surface area contributed by atoms with E-state index in [-0.39, 0.29) is 38.2 Å². The Kier molecular flexibility index (Phi) is 69.9. The molecule has 0 aliphatic rings. The molecule has 9 heteroatoms. The Labute approximate surface area is 564 Å². The molecule has 0 spiro atoms. The fourth-order valence-electron chi connectivity index (χ4n) is 11.5.